The van der Waals surface area contributed by atoms with E-state index < -0.39 is 21.9 Å². The maximum Gasteiger partial charge on any atom is 0.333 e. The lowest BCUT2D eigenvalue weighted by atomic mass is 9.98. The molecule has 0 fully saturated rings. The molecule has 0 spiro atoms. The second-order valence-corrected chi connectivity index (χ2v) is 11.5. The van der Waals surface area contributed by atoms with Crippen LogP contribution in [0.15, 0.2) is 40.9 Å². The van der Waals surface area contributed by atoms with E-state index >= 15 is 0 Å². The molecule has 1 aromatic carbocycles. The molecule has 5 rings (SSSR count). The lowest BCUT2D eigenvalue weighted by molar-refractivity contribution is 0.256. The fourth-order valence-corrected chi connectivity index (χ4v) is 6.95. The lowest BCUT2D eigenvalue weighted by Gasteiger charge is -2.21. The summed E-state index contributed by atoms with van der Waals surface area (Å²) in [5.74, 6) is -0.488. The number of thiophene rings is 1. The minimum atomic E-state index is -4.02. The number of fused-ring (bicyclic) bond motifs is 2. The summed E-state index contributed by atoms with van der Waals surface area (Å²) >= 11 is 1.21. The van der Waals surface area contributed by atoms with Crippen molar-refractivity contribution < 1.29 is 17.6 Å². The number of urea groups is 1. The van der Waals surface area contributed by atoms with Gasteiger partial charge in [-0.2, -0.15) is 0 Å². The Kier molecular flexibility index (Phi) is 5.67. The number of carbonyl (C=O) groups excluding carboxylic acids is 1. The number of carbonyl (C=O) groups is 1. The van der Waals surface area contributed by atoms with Crippen LogP contribution in [0.4, 0.5) is 14.9 Å². The number of rotatable bonds is 4. The van der Waals surface area contributed by atoms with Crippen LogP contribution in [0.25, 0.3) is 11.1 Å². The Balaban J connectivity index is 1.43. The van der Waals surface area contributed by atoms with Crippen LogP contribution in [-0.2, 0) is 35.8 Å². The zero-order valence-corrected chi connectivity index (χ0v) is 19.7. The van der Waals surface area contributed by atoms with Crippen molar-refractivity contribution >= 4 is 33.1 Å². The van der Waals surface area contributed by atoms with Gasteiger partial charge in [0.25, 0.3) is 10.0 Å². The predicted octanol–water partition coefficient (Wildman–Crippen LogP) is 3.94. The van der Waals surface area contributed by atoms with Crippen molar-refractivity contribution in [1.29, 1.82) is 0 Å². The zero-order valence-electron chi connectivity index (χ0n) is 18.0. The Labute approximate surface area is 195 Å². The summed E-state index contributed by atoms with van der Waals surface area (Å²) in [5, 5.41) is 2.74. The van der Waals surface area contributed by atoms with Crippen molar-refractivity contribution in [2.75, 3.05) is 18.9 Å². The van der Waals surface area contributed by atoms with Crippen LogP contribution in [-0.4, -0.2) is 37.9 Å². The number of pyridine rings is 1. The topological polar surface area (TPSA) is 91.4 Å². The summed E-state index contributed by atoms with van der Waals surface area (Å²) in [6, 6.07) is 5.93. The first-order valence-electron chi connectivity index (χ1n) is 10.7. The molecule has 0 radical (unpaired) electrons. The minimum Gasteiger partial charge on any atom is -0.306 e. The molecule has 0 atom stereocenters. The van der Waals surface area contributed by atoms with Gasteiger partial charge in [-0.1, -0.05) is 12.1 Å². The molecule has 2 N–H and O–H groups in total. The number of sulfonamides is 1. The molecule has 1 aliphatic heterocycles. The van der Waals surface area contributed by atoms with Gasteiger partial charge in [-0.15, -0.1) is 11.3 Å². The Morgan fingerprint density at radius 3 is 2.82 bits per heavy atom. The summed E-state index contributed by atoms with van der Waals surface area (Å²) in [7, 11) is -2.03. The van der Waals surface area contributed by atoms with Gasteiger partial charge in [0, 0.05) is 35.3 Å². The van der Waals surface area contributed by atoms with Crippen molar-refractivity contribution in [3.63, 3.8) is 0 Å². The van der Waals surface area contributed by atoms with Gasteiger partial charge < -0.3 is 10.2 Å². The van der Waals surface area contributed by atoms with Crippen LogP contribution < -0.4 is 10.0 Å². The van der Waals surface area contributed by atoms with Crippen LogP contribution in [0.3, 0.4) is 0 Å². The Morgan fingerprint density at radius 1 is 1.15 bits per heavy atom. The van der Waals surface area contributed by atoms with E-state index in [4.69, 9.17) is 0 Å². The van der Waals surface area contributed by atoms with Gasteiger partial charge >= 0.3 is 6.03 Å². The third-order valence-corrected chi connectivity index (χ3v) is 9.11. The molecule has 172 valence electrons. The van der Waals surface area contributed by atoms with E-state index in [1.165, 1.54) is 23.6 Å². The van der Waals surface area contributed by atoms with Crippen molar-refractivity contribution in [2.45, 2.75) is 36.4 Å². The molecule has 2 aromatic heterocycles. The first-order valence-corrected chi connectivity index (χ1v) is 13.0. The summed E-state index contributed by atoms with van der Waals surface area (Å²) in [4.78, 5) is 19.9. The highest BCUT2D eigenvalue weighted by molar-refractivity contribution is 7.92. The first kappa shape index (κ1) is 22.0. The first-order chi connectivity index (χ1) is 15.8. The molecule has 0 saturated heterocycles. The van der Waals surface area contributed by atoms with Gasteiger partial charge in [0.1, 0.15) is 10.0 Å². The lowest BCUT2D eigenvalue weighted by Crippen LogP contribution is -2.34. The summed E-state index contributed by atoms with van der Waals surface area (Å²) in [6.07, 6.45) is 5.98. The minimum absolute atomic E-state index is 0.130. The number of nitrogens with one attached hydrogen (secondary N) is 2. The summed E-state index contributed by atoms with van der Waals surface area (Å²) in [5.41, 5.74) is 4.63. The Bertz CT molecular complexity index is 1350. The van der Waals surface area contributed by atoms with Gasteiger partial charge in [-0.05, 0) is 61.6 Å². The van der Waals surface area contributed by atoms with E-state index in [1.54, 1.807) is 6.07 Å². The molecule has 3 aromatic rings. The van der Waals surface area contributed by atoms with Crippen molar-refractivity contribution in [3.05, 3.63) is 64.0 Å². The second-order valence-electron chi connectivity index (χ2n) is 8.43. The molecule has 7 nitrogen and oxygen atoms in total. The fourth-order valence-electron chi connectivity index (χ4n) is 4.50. The summed E-state index contributed by atoms with van der Waals surface area (Å²) < 4.78 is 42.0. The van der Waals surface area contributed by atoms with Crippen LogP contribution in [0.2, 0.25) is 0 Å². The predicted molar refractivity (Wildman–Crippen MR) is 125 cm³/mol. The molecule has 3 heterocycles. The van der Waals surface area contributed by atoms with Crippen LogP contribution in [0.1, 0.15) is 28.0 Å². The number of benzene rings is 1. The Morgan fingerprint density at radius 2 is 2.00 bits per heavy atom. The molecular weight excluding hydrogens is 463 g/mol. The number of hydrogen-bond donors (Lipinski definition) is 2. The highest BCUT2D eigenvalue weighted by Gasteiger charge is 2.26. The number of halogens is 1. The molecule has 2 amide bonds. The highest BCUT2D eigenvalue weighted by Crippen LogP contribution is 2.37. The van der Waals surface area contributed by atoms with Crippen LogP contribution in [0.5, 0.6) is 0 Å². The van der Waals surface area contributed by atoms with Crippen LogP contribution >= 0.6 is 11.3 Å². The van der Waals surface area contributed by atoms with Gasteiger partial charge in [0.2, 0.25) is 0 Å². The molecule has 2 aliphatic rings. The molecule has 0 unspecified atom stereocenters. The fraction of sp³-hybridized carbons (Fsp3) is 0.304. The van der Waals surface area contributed by atoms with E-state index in [1.807, 2.05) is 19.2 Å². The van der Waals surface area contributed by atoms with E-state index in [-0.39, 0.29) is 4.21 Å². The standard InChI is InChI=1S/C23H23FN4O3S2/c1-28-8-7-20-16(13-28)10-21(32-20)33(30,31)27-23(29)26-22-18-4-2-3-14(18)5-6-19(22)15-9-17(24)12-25-11-15/h5-6,9-12H,2-4,7-8,13H2,1H3,(H2,26,27,29). The maximum atomic E-state index is 13.8. The quantitative estimate of drug-likeness (QED) is 0.583. The largest absolute Gasteiger partial charge is 0.333 e. The second kappa shape index (κ2) is 8.51. The number of aromatic nitrogens is 1. The van der Waals surface area contributed by atoms with E-state index in [2.05, 4.69) is 19.9 Å². The smallest absolute Gasteiger partial charge is 0.306 e. The average Bonchev–Trinajstić information content (AvgIpc) is 3.40. The molecule has 0 bridgehead atoms. The number of aryl methyl sites for hydroxylation is 1. The average molecular weight is 487 g/mol. The normalized spacial score (nSPS) is 15.7. The highest BCUT2D eigenvalue weighted by atomic mass is 32.2. The molecule has 33 heavy (non-hydrogen) atoms. The number of anilines is 1. The van der Waals surface area contributed by atoms with Crippen LogP contribution in [0, 0.1) is 5.82 Å². The van der Waals surface area contributed by atoms with Crippen molar-refractivity contribution in [1.82, 2.24) is 14.6 Å². The zero-order chi connectivity index (χ0) is 23.2. The van der Waals surface area contributed by atoms with Crippen molar-refractivity contribution in [2.24, 2.45) is 0 Å². The maximum absolute atomic E-state index is 13.8. The van der Waals surface area contributed by atoms with E-state index in [0.717, 1.165) is 60.0 Å². The van der Waals surface area contributed by atoms with Crippen molar-refractivity contribution in [3.8, 4) is 11.1 Å². The number of amides is 2. The van der Waals surface area contributed by atoms with Gasteiger partial charge in [-0.3, -0.25) is 4.98 Å². The monoisotopic (exact) mass is 486 g/mol. The summed E-state index contributed by atoms with van der Waals surface area (Å²) in [6.45, 7) is 1.56. The number of hydrogen-bond acceptors (Lipinski definition) is 6. The Hall–Kier alpha value is -2.82. The third kappa shape index (κ3) is 4.38. The van der Waals surface area contributed by atoms with Gasteiger partial charge in [-0.25, -0.2) is 22.3 Å². The SMILES string of the molecule is CN1CCc2sc(S(=O)(=O)NC(=O)Nc3c(-c4cncc(F)c4)ccc4c3CCC4)cc2C1. The van der Waals surface area contributed by atoms with Gasteiger partial charge in [0.05, 0.1) is 11.9 Å². The number of nitrogens with zero attached hydrogens (tertiary/aromatic N) is 2. The molecule has 0 saturated carbocycles. The molecular formula is C23H23FN4O3S2. The van der Waals surface area contributed by atoms with Gasteiger partial charge in [0.15, 0.2) is 0 Å². The van der Waals surface area contributed by atoms with E-state index in [0.29, 0.717) is 23.4 Å². The molecule has 1 aliphatic carbocycles. The molecule has 10 heteroatoms. The number of likely N-dealkylation sites (N-methyl/N-ethyl adjacent to an activating group) is 1. The van der Waals surface area contributed by atoms with E-state index in [9.17, 15) is 17.6 Å². The third-order valence-electron chi connectivity index (χ3n) is 6.06.